The standard InChI is InChI=1S/C29H26BrClN2O4S2/c1-20-7-13-23(14-8-20)33(39(35,36)24-15-16-27(37-2)25(30)17-24)18-29(34)32-26-5-3-4-6-28(26)38-19-21-9-11-22(31)12-10-21/h3-17H,18-19H2,1-2H3,(H,32,34). The summed E-state index contributed by atoms with van der Waals surface area (Å²) in [6.45, 7) is 1.50. The summed E-state index contributed by atoms with van der Waals surface area (Å²) in [7, 11) is -2.59. The molecule has 6 nitrogen and oxygen atoms in total. The van der Waals surface area contributed by atoms with Crippen LogP contribution in [0, 0.1) is 6.92 Å². The van der Waals surface area contributed by atoms with Crippen molar-refractivity contribution in [2.75, 3.05) is 23.3 Å². The first-order valence-electron chi connectivity index (χ1n) is 11.9. The van der Waals surface area contributed by atoms with Crippen molar-refractivity contribution >= 4 is 66.6 Å². The van der Waals surface area contributed by atoms with Crippen molar-refractivity contribution in [3.63, 3.8) is 0 Å². The first-order valence-corrected chi connectivity index (χ1v) is 15.5. The van der Waals surface area contributed by atoms with Gasteiger partial charge in [-0.3, -0.25) is 9.10 Å². The molecule has 1 amide bonds. The van der Waals surface area contributed by atoms with E-state index in [1.807, 2.05) is 61.5 Å². The summed E-state index contributed by atoms with van der Waals surface area (Å²) in [4.78, 5) is 14.2. The number of aryl methyl sites for hydroxylation is 1. The predicted molar refractivity (Wildman–Crippen MR) is 162 cm³/mol. The van der Waals surface area contributed by atoms with E-state index in [1.165, 1.54) is 19.2 Å². The second-order valence-electron chi connectivity index (χ2n) is 8.60. The fourth-order valence-electron chi connectivity index (χ4n) is 3.72. The summed E-state index contributed by atoms with van der Waals surface area (Å²) in [6, 6.07) is 26.5. The van der Waals surface area contributed by atoms with Gasteiger partial charge in [0.2, 0.25) is 5.91 Å². The minimum atomic E-state index is -4.09. The molecule has 0 aliphatic rings. The number of methoxy groups -OCH3 is 1. The molecule has 0 radical (unpaired) electrons. The SMILES string of the molecule is COc1ccc(S(=O)(=O)N(CC(=O)Nc2ccccc2SCc2ccc(Cl)cc2)c2ccc(C)cc2)cc1Br. The van der Waals surface area contributed by atoms with Gasteiger partial charge in [-0.15, -0.1) is 11.8 Å². The average Bonchev–Trinajstić information content (AvgIpc) is 2.92. The summed E-state index contributed by atoms with van der Waals surface area (Å²) >= 11 is 10.9. The van der Waals surface area contributed by atoms with E-state index in [-0.39, 0.29) is 4.90 Å². The van der Waals surface area contributed by atoms with E-state index in [2.05, 4.69) is 21.2 Å². The highest BCUT2D eigenvalue weighted by atomic mass is 79.9. The third-order valence-corrected chi connectivity index (χ3v) is 9.58. The maximum absolute atomic E-state index is 13.8. The van der Waals surface area contributed by atoms with Gasteiger partial charge in [-0.25, -0.2) is 8.42 Å². The smallest absolute Gasteiger partial charge is 0.264 e. The Hall–Kier alpha value is -2.98. The van der Waals surface area contributed by atoms with Crippen molar-refractivity contribution in [2.45, 2.75) is 22.5 Å². The minimum absolute atomic E-state index is 0.0301. The number of ether oxygens (including phenoxy) is 1. The molecular formula is C29H26BrClN2O4S2. The van der Waals surface area contributed by atoms with Gasteiger partial charge < -0.3 is 10.1 Å². The second kappa shape index (κ2) is 12.9. The van der Waals surface area contributed by atoms with Crippen LogP contribution < -0.4 is 14.4 Å². The number of amides is 1. The third kappa shape index (κ3) is 7.36. The molecule has 4 aromatic carbocycles. The molecule has 0 saturated heterocycles. The highest BCUT2D eigenvalue weighted by Gasteiger charge is 2.28. The minimum Gasteiger partial charge on any atom is -0.496 e. The fourth-order valence-corrected chi connectivity index (χ4v) is 6.95. The number of hydrogen-bond acceptors (Lipinski definition) is 5. The molecule has 39 heavy (non-hydrogen) atoms. The number of nitrogens with zero attached hydrogens (tertiary/aromatic N) is 1. The Bertz CT molecular complexity index is 1560. The summed E-state index contributed by atoms with van der Waals surface area (Å²) in [5, 5.41) is 3.58. The molecule has 0 spiro atoms. The lowest BCUT2D eigenvalue weighted by atomic mass is 10.2. The van der Waals surface area contributed by atoms with Crippen LogP contribution >= 0.6 is 39.3 Å². The van der Waals surface area contributed by atoms with Crippen LogP contribution in [0.1, 0.15) is 11.1 Å². The van der Waals surface area contributed by atoms with Gasteiger partial charge >= 0.3 is 0 Å². The van der Waals surface area contributed by atoms with Gasteiger partial charge in [-0.05, 0) is 83.0 Å². The van der Waals surface area contributed by atoms with E-state index in [1.54, 1.807) is 36.0 Å². The van der Waals surface area contributed by atoms with Crippen molar-refractivity contribution in [1.29, 1.82) is 0 Å². The van der Waals surface area contributed by atoms with Gasteiger partial charge in [-0.1, -0.05) is 53.6 Å². The number of carbonyl (C=O) groups is 1. The van der Waals surface area contributed by atoms with E-state index in [0.717, 1.165) is 20.3 Å². The van der Waals surface area contributed by atoms with Crippen LogP contribution in [0.25, 0.3) is 0 Å². The Kier molecular flexibility index (Phi) is 9.61. The molecule has 1 N–H and O–H groups in total. The topological polar surface area (TPSA) is 75.7 Å². The van der Waals surface area contributed by atoms with Crippen molar-refractivity contribution in [3.05, 3.63) is 112 Å². The molecule has 4 rings (SSSR count). The van der Waals surface area contributed by atoms with Crippen LogP contribution in [0.5, 0.6) is 5.75 Å². The monoisotopic (exact) mass is 644 g/mol. The maximum atomic E-state index is 13.8. The van der Waals surface area contributed by atoms with Crippen molar-refractivity contribution < 1.29 is 17.9 Å². The molecule has 202 valence electrons. The number of benzene rings is 4. The molecular weight excluding hydrogens is 620 g/mol. The number of rotatable bonds is 10. The van der Waals surface area contributed by atoms with Crippen LogP contribution in [-0.2, 0) is 20.6 Å². The molecule has 0 aromatic heterocycles. The first kappa shape index (κ1) is 29.0. The molecule has 0 saturated carbocycles. The van der Waals surface area contributed by atoms with E-state index in [9.17, 15) is 13.2 Å². The lowest BCUT2D eigenvalue weighted by molar-refractivity contribution is -0.114. The fraction of sp³-hybridized carbons (Fsp3) is 0.138. The molecule has 0 aliphatic heterocycles. The number of carbonyl (C=O) groups excluding carboxylic acids is 1. The molecule has 0 unspecified atom stereocenters. The highest BCUT2D eigenvalue weighted by molar-refractivity contribution is 9.10. The summed E-state index contributed by atoms with van der Waals surface area (Å²) in [5.41, 5.74) is 3.05. The van der Waals surface area contributed by atoms with Crippen molar-refractivity contribution in [3.8, 4) is 5.75 Å². The molecule has 10 heteroatoms. The van der Waals surface area contributed by atoms with Crippen LogP contribution in [-0.4, -0.2) is 28.0 Å². The zero-order chi connectivity index (χ0) is 28.0. The normalized spacial score (nSPS) is 11.2. The van der Waals surface area contributed by atoms with E-state index < -0.39 is 22.5 Å². The Morgan fingerprint density at radius 1 is 1.00 bits per heavy atom. The number of para-hydroxylation sites is 1. The Morgan fingerprint density at radius 2 is 1.69 bits per heavy atom. The predicted octanol–water partition coefficient (Wildman–Crippen LogP) is 7.55. The lowest BCUT2D eigenvalue weighted by Crippen LogP contribution is -2.38. The summed E-state index contributed by atoms with van der Waals surface area (Å²) < 4.78 is 34.4. The van der Waals surface area contributed by atoms with Gasteiger partial charge in [0.15, 0.2) is 0 Å². The number of thioether (sulfide) groups is 1. The number of nitrogens with one attached hydrogen (secondary N) is 1. The van der Waals surface area contributed by atoms with Crippen LogP contribution in [0.3, 0.4) is 0 Å². The van der Waals surface area contributed by atoms with Gasteiger partial charge in [0.1, 0.15) is 12.3 Å². The molecule has 0 atom stereocenters. The van der Waals surface area contributed by atoms with Crippen LogP contribution in [0.4, 0.5) is 11.4 Å². The first-order chi connectivity index (χ1) is 18.7. The number of anilines is 2. The maximum Gasteiger partial charge on any atom is 0.264 e. The van der Waals surface area contributed by atoms with Gasteiger partial charge in [-0.2, -0.15) is 0 Å². The van der Waals surface area contributed by atoms with E-state index in [0.29, 0.717) is 32.4 Å². The Morgan fingerprint density at radius 3 is 2.36 bits per heavy atom. The largest absolute Gasteiger partial charge is 0.496 e. The lowest BCUT2D eigenvalue weighted by Gasteiger charge is -2.25. The molecule has 0 bridgehead atoms. The zero-order valence-corrected chi connectivity index (χ0v) is 25.2. The Labute approximate surface area is 246 Å². The summed E-state index contributed by atoms with van der Waals surface area (Å²) in [5.74, 6) is 0.716. The van der Waals surface area contributed by atoms with Crippen LogP contribution in [0.2, 0.25) is 5.02 Å². The molecule has 0 aliphatic carbocycles. The zero-order valence-electron chi connectivity index (χ0n) is 21.2. The van der Waals surface area contributed by atoms with E-state index in [4.69, 9.17) is 16.3 Å². The summed E-state index contributed by atoms with van der Waals surface area (Å²) in [6.07, 6.45) is 0. The molecule has 0 fully saturated rings. The second-order valence-corrected chi connectivity index (χ2v) is 12.8. The Balaban J connectivity index is 1.58. The third-order valence-electron chi connectivity index (χ3n) is 5.79. The average molecular weight is 646 g/mol. The number of hydrogen-bond donors (Lipinski definition) is 1. The van der Waals surface area contributed by atoms with Gasteiger partial charge in [0.05, 0.1) is 27.9 Å². The van der Waals surface area contributed by atoms with Gasteiger partial charge in [0.25, 0.3) is 10.0 Å². The van der Waals surface area contributed by atoms with Crippen molar-refractivity contribution in [2.24, 2.45) is 0 Å². The number of halogens is 2. The quantitative estimate of drug-likeness (QED) is 0.180. The van der Waals surface area contributed by atoms with E-state index >= 15 is 0 Å². The molecule has 0 heterocycles. The van der Waals surface area contributed by atoms with Gasteiger partial charge in [0, 0.05) is 15.7 Å². The molecule has 4 aromatic rings. The number of sulfonamides is 1. The van der Waals surface area contributed by atoms with Crippen LogP contribution in [0.15, 0.2) is 105 Å². The van der Waals surface area contributed by atoms with Crippen molar-refractivity contribution in [1.82, 2.24) is 0 Å². The highest BCUT2D eigenvalue weighted by Crippen LogP contribution is 2.32.